The highest BCUT2D eigenvalue weighted by atomic mass is 35.5. The van der Waals surface area contributed by atoms with Crippen molar-refractivity contribution < 1.29 is 13.2 Å². The van der Waals surface area contributed by atoms with Crippen LogP contribution in [-0.2, 0) is 14.6 Å². The number of aromatic nitrogens is 2. The lowest BCUT2D eigenvalue weighted by atomic mass is 10.4. The Morgan fingerprint density at radius 3 is 2.69 bits per heavy atom. The third-order valence-corrected chi connectivity index (χ3v) is 3.58. The molecule has 0 bridgehead atoms. The van der Waals surface area contributed by atoms with Gasteiger partial charge >= 0.3 is 0 Å². The van der Waals surface area contributed by atoms with E-state index in [9.17, 15) is 13.2 Å². The van der Waals surface area contributed by atoms with Crippen LogP contribution in [0.15, 0.2) is 12.3 Å². The highest BCUT2D eigenvalue weighted by Gasteiger charge is 2.24. The van der Waals surface area contributed by atoms with Gasteiger partial charge in [0.2, 0.25) is 11.9 Å². The number of rotatable bonds is 3. The van der Waals surface area contributed by atoms with Crippen molar-refractivity contribution in [3.63, 3.8) is 0 Å². The second-order valence-corrected chi connectivity index (χ2v) is 5.92. The summed E-state index contributed by atoms with van der Waals surface area (Å²) in [6.45, 7) is 1.29. The van der Waals surface area contributed by atoms with Crippen molar-refractivity contribution in [3.05, 3.63) is 17.4 Å². The van der Waals surface area contributed by atoms with E-state index < -0.39 is 21.0 Å². The summed E-state index contributed by atoms with van der Waals surface area (Å²) < 4.78 is 22.2. The Kier molecular flexibility index (Phi) is 3.82. The molecule has 0 saturated carbocycles. The van der Waals surface area contributed by atoms with Crippen LogP contribution < -0.4 is 5.32 Å². The zero-order chi connectivity index (χ0) is 12.3. The van der Waals surface area contributed by atoms with E-state index in [4.69, 9.17) is 11.6 Å². The van der Waals surface area contributed by atoms with Crippen LogP contribution in [0.2, 0.25) is 5.15 Å². The minimum Gasteiger partial charge on any atom is -0.293 e. The van der Waals surface area contributed by atoms with Crippen molar-refractivity contribution in [2.75, 3.05) is 11.6 Å². The zero-order valence-electron chi connectivity index (χ0n) is 8.64. The predicted molar refractivity (Wildman–Crippen MR) is 60.0 cm³/mol. The molecule has 1 aromatic heterocycles. The number of anilines is 1. The number of carbonyl (C=O) groups excluding carboxylic acids is 1. The molecule has 1 amide bonds. The Morgan fingerprint density at radius 1 is 1.56 bits per heavy atom. The van der Waals surface area contributed by atoms with E-state index in [1.54, 1.807) is 0 Å². The molecule has 0 radical (unpaired) electrons. The van der Waals surface area contributed by atoms with E-state index in [-0.39, 0.29) is 11.1 Å². The van der Waals surface area contributed by atoms with Gasteiger partial charge in [0.1, 0.15) is 10.4 Å². The van der Waals surface area contributed by atoms with Crippen molar-refractivity contribution in [2.24, 2.45) is 0 Å². The topological polar surface area (TPSA) is 89.0 Å². The monoisotopic (exact) mass is 263 g/mol. The van der Waals surface area contributed by atoms with Gasteiger partial charge in [-0.1, -0.05) is 11.6 Å². The fourth-order valence-corrected chi connectivity index (χ4v) is 1.39. The summed E-state index contributed by atoms with van der Waals surface area (Å²) in [6.07, 6.45) is 2.34. The molecule has 1 unspecified atom stereocenters. The molecule has 1 atom stereocenters. The smallest absolute Gasteiger partial charge is 0.244 e. The van der Waals surface area contributed by atoms with Gasteiger partial charge in [-0.25, -0.2) is 18.4 Å². The molecule has 0 saturated heterocycles. The largest absolute Gasteiger partial charge is 0.293 e. The molecule has 1 rings (SSSR count). The van der Waals surface area contributed by atoms with Crippen LogP contribution in [0.25, 0.3) is 0 Å². The number of carbonyl (C=O) groups is 1. The van der Waals surface area contributed by atoms with Crippen LogP contribution in [0, 0.1) is 0 Å². The Hall–Kier alpha value is -1.21. The van der Waals surface area contributed by atoms with Gasteiger partial charge in [-0.15, -0.1) is 0 Å². The van der Waals surface area contributed by atoms with Crippen LogP contribution in [0.5, 0.6) is 0 Å². The van der Waals surface area contributed by atoms with Crippen LogP contribution in [0.4, 0.5) is 5.95 Å². The number of amides is 1. The molecule has 0 aliphatic carbocycles. The van der Waals surface area contributed by atoms with Crippen LogP contribution in [-0.4, -0.2) is 35.8 Å². The lowest BCUT2D eigenvalue weighted by Crippen LogP contribution is -2.32. The Labute approximate surface area is 98.0 Å². The first-order valence-corrected chi connectivity index (χ1v) is 6.62. The molecule has 1 aromatic rings. The Morgan fingerprint density at radius 2 is 2.19 bits per heavy atom. The van der Waals surface area contributed by atoms with Crippen molar-refractivity contribution in [3.8, 4) is 0 Å². The number of halogens is 1. The maximum absolute atomic E-state index is 11.5. The summed E-state index contributed by atoms with van der Waals surface area (Å²) in [4.78, 5) is 18.9. The van der Waals surface area contributed by atoms with Gasteiger partial charge in [-0.05, 0) is 13.0 Å². The van der Waals surface area contributed by atoms with Gasteiger partial charge in [0.15, 0.2) is 9.84 Å². The van der Waals surface area contributed by atoms with Gasteiger partial charge in [0.25, 0.3) is 0 Å². The highest BCUT2D eigenvalue weighted by molar-refractivity contribution is 7.92. The molecular weight excluding hydrogens is 254 g/mol. The first kappa shape index (κ1) is 12.9. The summed E-state index contributed by atoms with van der Waals surface area (Å²) in [5, 5.41) is 1.27. The van der Waals surface area contributed by atoms with Gasteiger partial charge in [0, 0.05) is 12.5 Å². The van der Waals surface area contributed by atoms with Crippen LogP contribution in [0.1, 0.15) is 6.92 Å². The number of hydrogen-bond donors (Lipinski definition) is 1. The molecule has 0 aromatic carbocycles. The minimum absolute atomic E-state index is 0.0204. The number of hydrogen-bond acceptors (Lipinski definition) is 5. The molecule has 16 heavy (non-hydrogen) atoms. The van der Waals surface area contributed by atoms with Gasteiger partial charge in [-0.3, -0.25) is 10.1 Å². The second kappa shape index (κ2) is 4.75. The normalized spacial score (nSPS) is 13.2. The molecule has 1 N–H and O–H groups in total. The van der Waals surface area contributed by atoms with Crippen molar-refractivity contribution in [1.82, 2.24) is 9.97 Å². The molecule has 8 heteroatoms. The second-order valence-electron chi connectivity index (χ2n) is 3.16. The minimum atomic E-state index is -3.43. The van der Waals surface area contributed by atoms with E-state index in [1.165, 1.54) is 19.2 Å². The molecule has 88 valence electrons. The molecule has 6 nitrogen and oxygen atoms in total. The predicted octanol–water partition coefficient (Wildman–Crippen LogP) is 0.502. The highest BCUT2D eigenvalue weighted by Crippen LogP contribution is 2.07. The Balaban J connectivity index is 2.80. The number of nitrogens with one attached hydrogen (secondary N) is 1. The van der Waals surface area contributed by atoms with Gasteiger partial charge in [-0.2, -0.15) is 0 Å². The SMILES string of the molecule is CC(C(=O)Nc1nccc(Cl)n1)S(C)(=O)=O. The van der Waals surface area contributed by atoms with E-state index in [2.05, 4.69) is 15.3 Å². The quantitative estimate of drug-likeness (QED) is 0.802. The molecule has 0 fully saturated rings. The van der Waals surface area contributed by atoms with Gasteiger partial charge in [0.05, 0.1) is 0 Å². The first-order valence-electron chi connectivity index (χ1n) is 4.29. The molecule has 0 spiro atoms. The first-order chi connectivity index (χ1) is 7.30. The number of sulfone groups is 1. The summed E-state index contributed by atoms with van der Waals surface area (Å²) in [5.74, 6) is -0.710. The summed E-state index contributed by atoms with van der Waals surface area (Å²) in [7, 11) is -3.43. The van der Waals surface area contributed by atoms with E-state index in [0.717, 1.165) is 6.26 Å². The Bertz CT molecular complexity index is 503. The lowest BCUT2D eigenvalue weighted by Gasteiger charge is -2.08. The fraction of sp³-hybridized carbons (Fsp3) is 0.375. The van der Waals surface area contributed by atoms with Crippen LogP contribution in [0.3, 0.4) is 0 Å². The summed E-state index contributed by atoms with van der Waals surface area (Å²) in [6, 6.07) is 1.44. The third kappa shape index (κ3) is 3.42. The maximum atomic E-state index is 11.5. The number of nitrogens with zero attached hydrogens (tertiary/aromatic N) is 2. The average Bonchev–Trinajstić information content (AvgIpc) is 2.15. The zero-order valence-corrected chi connectivity index (χ0v) is 10.2. The summed E-state index contributed by atoms with van der Waals surface area (Å²) >= 11 is 5.58. The van der Waals surface area contributed by atoms with E-state index in [0.29, 0.717) is 0 Å². The van der Waals surface area contributed by atoms with Crippen molar-refractivity contribution >= 4 is 33.3 Å². The van der Waals surface area contributed by atoms with Crippen molar-refractivity contribution in [1.29, 1.82) is 0 Å². The fourth-order valence-electron chi connectivity index (χ4n) is 0.803. The van der Waals surface area contributed by atoms with Crippen LogP contribution >= 0.6 is 11.6 Å². The summed E-state index contributed by atoms with van der Waals surface area (Å²) in [5.41, 5.74) is 0. The standard InChI is InChI=1S/C8H10ClN3O3S/c1-5(16(2,14)15)7(13)12-8-10-4-3-6(9)11-8/h3-5H,1-2H3,(H,10,11,12,13). The average molecular weight is 264 g/mol. The molecule has 0 aliphatic heterocycles. The van der Waals surface area contributed by atoms with Crippen molar-refractivity contribution in [2.45, 2.75) is 12.2 Å². The molecule has 1 heterocycles. The maximum Gasteiger partial charge on any atom is 0.244 e. The van der Waals surface area contributed by atoms with E-state index >= 15 is 0 Å². The van der Waals surface area contributed by atoms with Gasteiger partial charge < -0.3 is 0 Å². The lowest BCUT2D eigenvalue weighted by molar-refractivity contribution is -0.115. The van der Waals surface area contributed by atoms with E-state index in [1.807, 2.05) is 0 Å². The molecule has 0 aliphatic rings. The molecular formula is C8H10ClN3O3S. The third-order valence-electron chi connectivity index (χ3n) is 1.87.